The number of rotatable bonds is 0. The van der Waals surface area contributed by atoms with Crippen LogP contribution in [-0.4, -0.2) is 0 Å². The Morgan fingerprint density at radius 3 is 2.45 bits per heavy atom. The predicted molar refractivity (Wildman–Crippen MR) is 93.7 cm³/mol. The van der Waals surface area contributed by atoms with Crippen LogP contribution < -0.4 is 0 Å². The zero-order valence-corrected chi connectivity index (χ0v) is 12.4. The topological polar surface area (TPSA) is 13.1 Å². The van der Waals surface area contributed by atoms with Gasteiger partial charge in [-0.25, -0.2) is 0 Å². The number of halogens is 1. The monoisotopic (exact) mass is 302 g/mol. The van der Waals surface area contributed by atoms with Crippen molar-refractivity contribution >= 4 is 55.1 Å². The van der Waals surface area contributed by atoms with Crippen LogP contribution in [-0.2, 0) is 0 Å². The summed E-state index contributed by atoms with van der Waals surface area (Å²) in [6.45, 7) is 0. The van der Waals surface area contributed by atoms with E-state index in [0.29, 0.717) is 0 Å². The van der Waals surface area contributed by atoms with E-state index in [2.05, 4.69) is 36.4 Å². The van der Waals surface area contributed by atoms with E-state index in [-0.39, 0.29) is 0 Å². The van der Waals surface area contributed by atoms with Gasteiger partial charge in [0.25, 0.3) is 0 Å². The predicted octanol–water partition coefficient (Wildman–Crippen LogP) is 6.55. The summed E-state index contributed by atoms with van der Waals surface area (Å²) in [6.07, 6.45) is 0. The van der Waals surface area contributed by atoms with Crippen molar-refractivity contribution in [1.82, 2.24) is 0 Å². The van der Waals surface area contributed by atoms with E-state index in [9.17, 15) is 0 Å². The Morgan fingerprint density at radius 2 is 1.50 bits per heavy atom. The SMILES string of the molecule is Clc1cccc2ccc3cc4c(cc3c12)oc1ccccc14. The average Bonchev–Trinajstić information content (AvgIpc) is 2.90. The first-order valence-electron chi connectivity index (χ1n) is 7.23. The van der Waals surface area contributed by atoms with Crippen molar-refractivity contribution in [2.24, 2.45) is 0 Å². The first kappa shape index (κ1) is 12.1. The van der Waals surface area contributed by atoms with Crippen molar-refractivity contribution in [2.45, 2.75) is 0 Å². The molecule has 1 nitrogen and oxygen atoms in total. The molecule has 2 heteroatoms. The summed E-state index contributed by atoms with van der Waals surface area (Å²) in [7, 11) is 0. The third-order valence-electron chi connectivity index (χ3n) is 4.31. The number of hydrogen-bond acceptors (Lipinski definition) is 1. The van der Waals surface area contributed by atoms with Crippen LogP contribution in [0.3, 0.4) is 0 Å². The Hall–Kier alpha value is -2.51. The van der Waals surface area contributed by atoms with Crippen LogP contribution in [0.4, 0.5) is 0 Å². The van der Waals surface area contributed by atoms with Crippen LogP contribution in [0.15, 0.2) is 71.1 Å². The fraction of sp³-hybridized carbons (Fsp3) is 0. The van der Waals surface area contributed by atoms with Crippen LogP contribution in [0.1, 0.15) is 0 Å². The van der Waals surface area contributed by atoms with Crippen molar-refractivity contribution < 1.29 is 4.42 Å². The molecule has 0 atom stereocenters. The normalized spacial score (nSPS) is 11.9. The zero-order chi connectivity index (χ0) is 14.7. The molecule has 1 aromatic heterocycles. The third kappa shape index (κ3) is 1.54. The Labute approximate surface area is 131 Å². The van der Waals surface area contributed by atoms with Gasteiger partial charge in [0.2, 0.25) is 0 Å². The van der Waals surface area contributed by atoms with E-state index in [4.69, 9.17) is 16.0 Å². The van der Waals surface area contributed by atoms with Crippen LogP contribution in [0.2, 0.25) is 5.02 Å². The molecule has 0 aliphatic rings. The van der Waals surface area contributed by atoms with E-state index in [1.165, 1.54) is 5.39 Å². The maximum Gasteiger partial charge on any atom is 0.136 e. The molecule has 0 amide bonds. The molecule has 4 aromatic carbocycles. The average molecular weight is 303 g/mol. The molecule has 0 radical (unpaired) electrons. The van der Waals surface area contributed by atoms with Gasteiger partial charge in [-0.3, -0.25) is 0 Å². The molecule has 5 aromatic rings. The van der Waals surface area contributed by atoms with E-state index >= 15 is 0 Å². The van der Waals surface area contributed by atoms with E-state index < -0.39 is 0 Å². The Kier molecular flexibility index (Phi) is 2.33. The van der Waals surface area contributed by atoms with Gasteiger partial charge in [-0.05, 0) is 40.4 Å². The minimum absolute atomic E-state index is 0.776. The molecule has 0 aliphatic heterocycles. The van der Waals surface area contributed by atoms with Gasteiger partial charge in [0, 0.05) is 21.2 Å². The molecule has 5 rings (SSSR count). The van der Waals surface area contributed by atoms with Crippen molar-refractivity contribution in [3.05, 3.63) is 71.8 Å². The molecule has 0 spiro atoms. The summed E-state index contributed by atoms with van der Waals surface area (Å²) in [5.74, 6) is 0. The maximum absolute atomic E-state index is 6.44. The number of fused-ring (bicyclic) bond motifs is 6. The summed E-state index contributed by atoms with van der Waals surface area (Å²) in [5, 5.41) is 7.63. The van der Waals surface area contributed by atoms with Crippen molar-refractivity contribution in [3.8, 4) is 0 Å². The summed E-state index contributed by atoms with van der Waals surface area (Å²) >= 11 is 6.44. The van der Waals surface area contributed by atoms with Gasteiger partial charge in [0.1, 0.15) is 11.2 Å². The van der Waals surface area contributed by atoms with Crippen LogP contribution in [0.25, 0.3) is 43.5 Å². The summed E-state index contributed by atoms with van der Waals surface area (Å²) < 4.78 is 6.01. The van der Waals surface area contributed by atoms with E-state index in [1.54, 1.807) is 0 Å². The lowest BCUT2D eigenvalue weighted by molar-refractivity contribution is 0.669. The van der Waals surface area contributed by atoms with E-state index in [0.717, 1.165) is 43.1 Å². The second kappa shape index (κ2) is 4.25. The summed E-state index contributed by atoms with van der Waals surface area (Å²) in [5.41, 5.74) is 1.82. The highest BCUT2D eigenvalue weighted by molar-refractivity contribution is 6.38. The van der Waals surface area contributed by atoms with Gasteiger partial charge >= 0.3 is 0 Å². The van der Waals surface area contributed by atoms with Crippen molar-refractivity contribution in [1.29, 1.82) is 0 Å². The smallest absolute Gasteiger partial charge is 0.136 e. The molecule has 1 heterocycles. The third-order valence-corrected chi connectivity index (χ3v) is 4.62. The van der Waals surface area contributed by atoms with Crippen molar-refractivity contribution in [2.75, 3.05) is 0 Å². The fourth-order valence-corrected chi connectivity index (χ4v) is 3.57. The molecule has 0 aliphatic carbocycles. The molecular weight excluding hydrogens is 292 g/mol. The highest BCUT2D eigenvalue weighted by Crippen LogP contribution is 2.36. The molecule has 0 saturated heterocycles. The van der Waals surface area contributed by atoms with E-state index in [1.807, 2.05) is 30.3 Å². The second-order valence-electron chi connectivity index (χ2n) is 5.57. The number of para-hydroxylation sites is 1. The Balaban J connectivity index is 2.05. The van der Waals surface area contributed by atoms with Crippen LogP contribution in [0, 0.1) is 0 Å². The molecular formula is C20H11ClO. The summed E-state index contributed by atoms with van der Waals surface area (Å²) in [4.78, 5) is 0. The van der Waals surface area contributed by atoms with Gasteiger partial charge in [-0.1, -0.05) is 54.1 Å². The highest BCUT2D eigenvalue weighted by Gasteiger charge is 2.10. The van der Waals surface area contributed by atoms with Gasteiger partial charge in [-0.2, -0.15) is 0 Å². The minimum Gasteiger partial charge on any atom is -0.456 e. The van der Waals surface area contributed by atoms with Gasteiger partial charge in [0.15, 0.2) is 0 Å². The first-order chi connectivity index (χ1) is 10.8. The number of benzene rings is 4. The Morgan fingerprint density at radius 1 is 0.636 bits per heavy atom. The molecule has 0 saturated carbocycles. The molecule has 0 unspecified atom stereocenters. The zero-order valence-electron chi connectivity index (χ0n) is 11.6. The highest BCUT2D eigenvalue weighted by atomic mass is 35.5. The molecule has 22 heavy (non-hydrogen) atoms. The first-order valence-corrected chi connectivity index (χ1v) is 7.61. The van der Waals surface area contributed by atoms with Gasteiger partial charge < -0.3 is 4.42 Å². The molecule has 0 bridgehead atoms. The van der Waals surface area contributed by atoms with Crippen LogP contribution >= 0.6 is 11.6 Å². The lowest BCUT2D eigenvalue weighted by atomic mass is 10.00. The minimum atomic E-state index is 0.776. The lowest BCUT2D eigenvalue weighted by Gasteiger charge is -2.06. The number of furan rings is 1. The standard InChI is InChI=1S/C20H11ClO/c21-17-6-3-4-12-8-9-13-10-16-14-5-1-2-7-18(14)22-19(16)11-15(13)20(12)17/h1-11H. The van der Waals surface area contributed by atoms with Crippen LogP contribution in [0.5, 0.6) is 0 Å². The summed E-state index contributed by atoms with van der Waals surface area (Å²) in [6, 6.07) is 22.7. The van der Waals surface area contributed by atoms with Gasteiger partial charge in [0.05, 0.1) is 0 Å². The second-order valence-corrected chi connectivity index (χ2v) is 5.98. The number of hydrogen-bond donors (Lipinski definition) is 0. The maximum atomic E-state index is 6.44. The molecule has 104 valence electrons. The lowest BCUT2D eigenvalue weighted by Crippen LogP contribution is -1.79. The molecule has 0 fully saturated rings. The van der Waals surface area contributed by atoms with Crippen molar-refractivity contribution in [3.63, 3.8) is 0 Å². The quantitative estimate of drug-likeness (QED) is 0.296. The fourth-order valence-electron chi connectivity index (χ4n) is 3.29. The largest absolute Gasteiger partial charge is 0.456 e. The Bertz CT molecular complexity index is 1180. The molecule has 0 N–H and O–H groups in total. The van der Waals surface area contributed by atoms with Gasteiger partial charge in [-0.15, -0.1) is 0 Å².